The van der Waals surface area contributed by atoms with Crippen molar-refractivity contribution in [3.8, 4) is 0 Å². The van der Waals surface area contributed by atoms with Crippen molar-refractivity contribution < 1.29 is 9.59 Å². The first-order valence-electron chi connectivity index (χ1n) is 6.24. The highest BCUT2D eigenvalue weighted by atomic mass is 16.1. The lowest BCUT2D eigenvalue weighted by Gasteiger charge is -2.32. The van der Waals surface area contributed by atoms with E-state index in [2.05, 4.69) is 0 Å². The minimum absolute atomic E-state index is 0.344. The Bertz CT molecular complexity index is 429. The molecule has 0 aliphatic heterocycles. The summed E-state index contributed by atoms with van der Waals surface area (Å²) in [6, 6.07) is 5.84. The van der Waals surface area contributed by atoms with Gasteiger partial charge < -0.3 is 4.79 Å². The Labute approximate surface area is 102 Å². The fourth-order valence-corrected chi connectivity index (χ4v) is 2.73. The Morgan fingerprint density at radius 2 is 1.82 bits per heavy atom. The van der Waals surface area contributed by atoms with Crippen LogP contribution in [-0.4, -0.2) is 12.6 Å². The molecule has 0 aromatic heterocycles. The highest BCUT2D eigenvalue weighted by Gasteiger charge is 2.33. The van der Waals surface area contributed by atoms with Gasteiger partial charge in [-0.3, -0.25) is 4.79 Å². The molecule has 0 heterocycles. The average Bonchev–Trinajstić information content (AvgIpc) is 2.40. The summed E-state index contributed by atoms with van der Waals surface area (Å²) < 4.78 is 0. The van der Waals surface area contributed by atoms with Gasteiger partial charge in [-0.05, 0) is 37.0 Å². The van der Waals surface area contributed by atoms with Crippen LogP contribution in [0.5, 0.6) is 0 Å². The molecule has 2 nitrogen and oxygen atoms in total. The topological polar surface area (TPSA) is 34.1 Å². The van der Waals surface area contributed by atoms with Crippen LogP contribution in [0, 0.1) is 6.92 Å². The zero-order valence-electron chi connectivity index (χ0n) is 10.2. The molecular formula is C15H18O2. The summed E-state index contributed by atoms with van der Waals surface area (Å²) >= 11 is 0. The molecule has 2 heteroatoms. The van der Waals surface area contributed by atoms with Crippen molar-refractivity contribution >= 4 is 12.6 Å². The molecule has 0 N–H and O–H groups in total. The van der Waals surface area contributed by atoms with Gasteiger partial charge in [0.1, 0.15) is 12.6 Å². The van der Waals surface area contributed by atoms with Crippen molar-refractivity contribution in [1.29, 1.82) is 0 Å². The van der Waals surface area contributed by atoms with Crippen molar-refractivity contribution in [3.63, 3.8) is 0 Å². The smallest absolute Gasteiger partial charge is 0.150 e. The van der Waals surface area contributed by atoms with Crippen molar-refractivity contribution in [2.45, 2.75) is 44.4 Å². The largest absolute Gasteiger partial charge is 0.302 e. The number of carbonyl (C=O) groups is 2. The van der Waals surface area contributed by atoms with E-state index >= 15 is 0 Å². The van der Waals surface area contributed by atoms with Crippen molar-refractivity contribution in [3.05, 3.63) is 34.9 Å². The average molecular weight is 230 g/mol. The highest BCUT2D eigenvalue weighted by molar-refractivity contribution is 5.79. The molecule has 0 atom stereocenters. The van der Waals surface area contributed by atoms with E-state index in [4.69, 9.17) is 0 Å². The normalized spacial score (nSPS) is 18.6. The molecule has 1 aromatic carbocycles. The predicted molar refractivity (Wildman–Crippen MR) is 67.4 cm³/mol. The van der Waals surface area contributed by atoms with E-state index < -0.39 is 0 Å². The van der Waals surface area contributed by atoms with E-state index in [1.807, 2.05) is 25.1 Å². The number of rotatable bonds is 3. The van der Waals surface area contributed by atoms with Gasteiger partial charge in [0, 0.05) is 5.56 Å². The van der Waals surface area contributed by atoms with Crippen LogP contribution in [-0.2, 0) is 10.2 Å². The lowest BCUT2D eigenvalue weighted by Crippen LogP contribution is -2.30. The summed E-state index contributed by atoms with van der Waals surface area (Å²) in [5.41, 5.74) is 2.35. The standard InChI is InChI=1S/C15H18O2/c1-12-5-6-14(9-13(12)10-16)15(11-17)7-3-2-4-8-15/h5-6,9-11H,2-4,7-8H2,1H3. The maximum atomic E-state index is 11.5. The van der Waals surface area contributed by atoms with Gasteiger partial charge in [0.25, 0.3) is 0 Å². The second-order valence-corrected chi connectivity index (χ2v) is 5.02. The molecule has 0 unspecified atom stereocenters. The number of benzene rings is 1. The molecule has 2 rings (SSSR count). The van der Waals surface area contributed by atoms with Gasteiger partial charge in [-0.15, -0.1) is 0 Å². The van der Waals surface area contributed by atoms with Gasteiger partial charge in [0.05, 0.1) is 5.41 Å². The van der Waals surface area contributed by atoms with E-state index in [1.165, 1.54) is 6.42 Å². The van der Waals surface area contributed by atoms with E-state index in [0.717, 1.165) is 49.4 Å². The Balaban J connectivity index is 2.43. The molecule has 0 saturated heterocycles. The van der Waals surface area contributed by atoms with E-state index in [1.54, 1.807) is 0 Å². The van der Waals surface area contributed by atoms with Gasteiger partial charge in [-0.25, -0.2) is 0 Å². The van der Waals surface area contributed by atoms with Gasteiger partial charge in [0.15, 0.2) is 0 Å². The monoisotopic (exact) mass is 230 g/mol. The molecule has 1 fully saturated rings. The molecule has 0 bridgehead atoms. The zero-order chi connectivity index (χ0) is 12.3. The summed E-state index contributed by atoms with van der Waals surface area (Å²) in [4.78, 5) is 22.4. The lowest BCUT2D eigenvalue weighted by atomic mass is 9.70. The molecule has 1 aliphatic rings. The van der Waals surface area contributed by atoms with Crippen molar-refractivity contribution in [2.24, 2.45) is 0 Å². The minimum Gasteiger partial charge on any atom is -0.302 e. The summed E-state index contributed by atoms with van der Waals surface area (Å²) in [7, 11) is 0. The highest BCUT2D eigenvalue weighted by Crippen LogP contribution is 2.38. The quantitative estimate of drug-likeness (QED) is 0.747. The molecule has 90 valence electrons. The Morgan fingerprint density at radius 1 is 1.12 bits per heavy atom. The van der Waals surface area contributed by atoms with Crippen molar-refractivity contribution in [2.75, 3.05) is 0 Å². The fraction of sp³-hybridized carbons (Fsp3) is 0.467. The fourth-order valence-electron chi connectivity index (χ4n) is 2.73. The van der Waals surface area contributed by atoms with E-state index in [9.17, 15) is 9.59 Å². The molecule has 1 aliphatic carbocycles. The van der Waals surface area contributed by atoms with Gasteiger partial charge >= 0.3 is 0 Å². The summed E-state index contributed by atoms with van der Waals surface area (Å²) in [6.45, 7) is 1.92. The second-order valence-electron chi connectivity index (χ2n) is 5.02. The van der Waals surface area contributed by atoms with Gasteiger partial charge in [-0.1, -0.05) is 31.4 Å². The Morgan fingerprint density at radius 3 is 2.41 bits per heavy atom. The van der Waals surface area contributed by atoms with Crippen LogP contribution in [0.1, 0.15) is 53.6 Å². The number of hydrogen-bond acceptors (Lipinski definition) is 2. The number of carbonyl (C=O) groups excluding carboxylic acids is 2. The molecule has 1 aromatic rings. The van der Waals surface area contributed by atoms with Crippen LogP contribution in [0.15, 0.2) is 18.2 Å². The first-order valence-corrected chi connectivity index (χ1v) is 6.24. The van der Waals surface area contributed by atoms with Crippen LogP contribution in [0.3, 0.4) is 0 Å². The second kappa shape index (κ2) is 4.82. The maximum Gasteiger partial charge on any atom is 0.150 e. The Kier molecular flexibility index (Phi) is 3.41. The number of hydrogen-bond donors (Lipinski definition) is 0. The maximum absolute atomic E-state index is 11.5. The number of aldehydes is 2. The molecule has 0 amide bonds. The van der Waals surface area contributed by atoms with Gasteiger partial charge in [-0.2, -0.15) is 0 Å². The van der Waals surface area contributed by atoms with Crippen LogP contribution in [0.25, 0.3) is 0 Å². The summed E-state index contributed by atoms with van der Waals surface area (Å²) in [5, 5.41) is 0. The summed E-state index contributed by atoms with van der Waals surface area (Å²) in [5.74, 6) is 0. The third-order valence-electron chi connectivity index (χ3n) is 3.95. The molecule has 17 heavy (non-hydrogen) atoms. The van der Waals surface area contributed by atoms with Crippen LogP contribution in [0.2, 0.25) is 0 Å². The zero-order valence-corrected chi connectivity index (χ0v) is 10.2. The predicted octanol–water partition coefficient (Wildman–Crippen LogP) is 3.21. The first kappa shape index (κ1) is 12.0. The third-order valence-corrected chi connectivity index (χ3v) is 3.95. The Hall–Kier alpha value is -1.44. The van der Waals surface area contributed by atoms with Gasteiger partial charge in [0.2, 0.25) is 0 Å². The van der Waals surface area contributed by atoms with Crippen LogP contribution < -0.4 is 0 Å². The molecular weight excluding hydrogens is 212 g/mol. The lowest BCUT2D eigenvalue weighted by molar-refractivity contribution is -0.113. The van der Waals surface area contributed by atoms with E-state index in [0.29, 0.717) is 5.56 Å². The summed E-state index contributed by atoms with van der Waals surface area (Å²) in [6.07, 6.45) is 7.20. The number of aryl methyl sites for hydroxylation is 1. The first-order chi connectivity index (χ1) is 8.22. The molecule has 0 radical (unpaired) electrons. The SMILES string of the molecule is Cc1ccc(C2(C=O)CCCCC2)cc1C=O. The van der Waals surface area contributed by atoms with Crippen LogP contribution >= 0.6 is 0 Å². The minimum atomic E-state index is -0.344. The van der Waals surface area contributed by atoms with Crippen molar-refractivity contribution in [1.82, 2.24) is 0 Å². The van der Waals surface area contributed by atoms with Crippen LogP contribution in [0.4, 0.5) is 0 Å². The molecule has 0 spiro atoms. The molecule has 1 saturated carbocycles. The van der Waals surface area contributed by atoms with E-state index in [-0.39, 0.29) is 5.41 Å². The third kappa shape index (κ3) is 2.17.